The molecule has 204 valence electrons. The second-order valence-corrected chi connectivity index (χ2v) is 13.9. The summed E-state index contributed by atoms with van der Waals surface area (Å²) in [4.78, 5) is 4.57. The van der Waals surface area contributed by atoms with Gasteiger partial charge in [0.2, 0.25) is 0 Å². The molecule has 0 unspecified atom stereocenters. The quantitative estimate of drug-likeness (QED) is 0.356. The Balaban J connectivity index is 1.34. The molecule has 0 radical (unpaired) electrons. The van der Waals surface area contributed by atoms with Crippen LogP contribution < -0.4 is 4.72 Å². The molecule has 1 aliphatic carbocycles. The largest absolute Gasteiger partial charge is 0.279 e. The summed E-state index contributed by atoms with van der Waals surface area (Å²) >= 11 is 0. The molecule has 14 heteroatoms. The third-order valence-corrected chi connectivity index (χ3v) is 11.2. The lowest BCUT2D eigenvalue weighted by atomic mass is 9.93. The molecule has 1 aliphatic heterocycles. The molecule has 12 nitrogen and oxygen atoms in total. The Labute approximate surface area is 226 Å². The number of rotatable bonds is 7. The molecule has 3 aromatic heterocycles. The molecule has 1 aromatic carbocycles. The number of aryl methyl sites for hydroxylation is 1. The molecule has 1 N–H and O–H groups in total. The summed E-state index contributed by atoms with van der Waals surface area (Å²) < 4.78 is 59.7. The highest BCUT2D eigenvalue weighted by atomic mass is 32.2. The van der Waals surface area contributed by atoms with E-state index in [1.165, 1.54) is 20.7 Å². The zero-order chi connectivity index (χ0) is 27.5. The Morgan fingerprint density at radius 3 is 2.51 bits per heavy atom. The van der Waals surface area contributed by atoms with Crippen LogP contribution in [0.25, 0.3) is 16.8 Å². The third kappa shape index (κ3) is 4.29. The van der Waals surface area contributed by atoms with Gasteiger partial charge in [-0.15, -0.1) is 10.2 Å². The number of hydrogen-bond donors (Lipinski definition) is 1. The van der Waals surface area contributed by atoms with Gasteiger partial charge in [-0.05, 0) is 43.9 Å². The van der Waals surface area contributed by atoms with Crippen molar-refractivity contribution in [1.29, 1.82) is 5.26 Å². The van der Waals surface area contributed by atoms with Gasteiger partial charge in [-0.2, -0.15) is 22.7 Å². The van der Waals surface area contributed by atoms with Gasteiger partial charge in [-0.25, -0.2) is 17.4 Å². The number of nitrogens with zero attached hydrogens (tertiary/aromatic N) is 7. The predicted octanol–water partition coefficient (Wildman–Crippen LogP) is 2.19. The first-order valence-corrected chi connectivity index (χ1v) is 15.7. The Kier molecular flexibility index (Phi) is 6.22. The second-order valence-electron chi connectivity index (χ2n) is 10.4. The van der Waals surface area contributed by atoms with Crippen molar-refractivity contribution in [2.24, 2.45) is 11.8 Å². The van der Waals surface area contributed by atoms with E-state index in [9.17, 15) is 16.8 Å². The minimum absolute atomic E-state index is 0.0939. The summed E-state index contributed by atoms with van der Waals surface area (Å²) in [5.74, 6) is 0.449. The molecular formula is C25H28N8O4S2. The van der Waals surface area contributed by atoms with Crippen molar-refractivity contribution in [2.45, 2.75) is 50.0 Å². The summed E-state index contributed by atoms with van der Waals surface area (Å²) in [5.41, 5.74) is 2.27. The summed E-state index contributed by atoms with van der Waals surface area (Å²) in [6, 6.07) is 10.2. The van der Waals surface area contributed by atoms with Crippen LogP contribution in [-0.2, 0) is 20.2 Å². The molecule has 39 heavy (non-hydrogen) atoms. The highest BCUT2D eigenvalue weighted by Crippen LogP contribution is 2.42. The maximum atomic E-state index is 13.4. The van der Waals surface area contributed by atoms with Crippen LogP contribution in [-0.4, -0.2) is 63.8 Å². The van der Waals surface area contributed by atoms with Gasteiger partial charge in [0, 0.05) is 31.2 Å². The van der Waals surface area contributed by atoms with Crippen molar-refractivity contribution in [1.82, 2.24) is 32.6 Å². The van der Waals surface area contributed by atoms with E-state index in [0.29, 0.717) is 29.8 Å². The van der Waals surface area contributed by atoms with E-state index in [1.54, 1.807) is 30.3 Å². The zero-order valence-corrected chi connectivity index (χ0v) is 23.1. The van der Waals surface area contributed by atoms with E-state index in [2.05, 4.69) is 32.9 Å². The second kappa shape index (κ2) is 9.37. The van der Waals surface area contributed by atoms with Crippen LogP contribution in [0.2, 0.25) is 0 Å². The standard InChI is InChI=1S/C25H28N8O4S2/c1-3-18-10-19(30-39(36,37)31-14-17(12-26)15-31)11-21(18)24-29-28-23-13-27-25-22(33(23)24)8-9-32(25)38(34,35)20-6-4-16(2)5-7-20/h4-9,13,17-19,21,30H,3,10-11,14-15H2,1-2H3/t18-,19+,21+/m1/s1. The molecule has 0 spiro atoms. The molecular weight excluding hydrogens is 540 g/mol. The average molecular weight is 569 g/mol. The van der Waals surface area contributed by atoms with Gasteiger partial charge in [-0.1, -0.05) is 31.0 Å². The van der Waals surface area contributed by atoms with Gasteiger partial charge < -0.3 is 0 Å². The Morgan fingerprint density at radius 2 is 1.82 bits per heavy atom. The summed E-state index contributed by atoms with van der Waals surface area (Å²) in [7, 11) is -7.56. The number of nitrogens with one attached hydrogen (secondary N) is 1. The maximum absolute atomic E-state index is 13.4. The molecule has 2 fully saturated rings. The molecule has 1 saturated carbocycles. The number of aromatic nitrogens is 5. The van der Waals surface area contributed by atoms with Gasteiger partial charge in [0.25, 0.3) is 20.2 Å². The number of fused-ring (bicyclic) bond motifs is 3. The molecule has 4 heterocycles. The fraction of sp³-hybridized carbons (Fsp3) is 0.440. The van der Waals surface area contributed by atoms with Gasteiger partial charge in [0.15, 0.2) is 11.3 Å². The van der Waals surface area contributed by atoms with Crippen LogP contribution in [0.5, 0.6) is 0 Å². The smallest absolute Gasteiger partial charge is 0.274 e. The van der Waals surface area contributed by atoms with Crippen LogP contribution in [0.3, 0.4) is 0 Å². The normalized spacial score (nSPS) is 22.8. The Morgan fingerprint density at radius 1 is 1.08 bits per heavy atom. The van der Waals surface area contributed by atoms with Gasteiger partial charge in [-0.3, -0.25) is 4.40 Å². The summed E-state index contributed by atoms with van der Waals surface area (Å²) in [6.07, 6.45) is 4.98. The molecule has 0 amide bonds. The summed E-state index contributed by atoms with van der Waals surface area (Å²) in [6.45, 7) is 4.37. The van der Waals surface area contributed by atoms with Crippen molar-refractivity contribution in [3.63, 3.8) is 0 Å². The maximum Gasteiger partial charge on any atom is 0.279 e. The van der Waals surface area contributed by atoms with Crippen LogP contribution in [0.4, 0.5) is 0 Å². The van der Waals surface area contributed by atoms with E-state index < -0.39 is 20.2 Å². The van der Waals surface area contributed by atoms with Crippen LogP contribution in [0.1, 0.15) is 43.5 Å². The van der Waals surface area contributed by atoms with Crippen molar-refractivity contribution in [3.05, 3.63) is 54.1 Å². The van der Waals surface area contributed by atoms with Crippen molar-refractivity contribution < 1.29 is 16.8 Å². The lowest BCUT2D eigenvalue weighted by Gasteiger charge is -2.34. The number of nitriles is 1. The summed E-state index contributed by atoms with van der Waals surface area (Å²) in [5, 5.41) is 17.8. The lowest BCUT2D eigenvalue weighted by molar-refractivity contribution is 0.243. The predicted molar refractivity (Wildman–Crippen MR) is 142 cm³/mol. The van der Waals surface area contributed by atoms with Gasteiger partial charge >= 0.3 is 0 Å². The molecule has 1 saturated heterocycles. The first kappa shape index (κ1) is 25.9. The molecule has 6 rings (SSSR count). The fourth-order valence-electron chi connectivity index (χ4n) is 5.70. The Hall–Kier alpha value is -3.38. The highest BCUT2D eigenvalue weighted by molar-refractivity contribution is 7.90. The SMILES string of the molecule is CC[C@@H]1C[C@H](NS(=O)(=O)N2CC(C#N)C2)C[C@@H]1c1nnc2cnc3c(ccn3S(=O)(=O)c3ccc(C)cc3)n12. The van der Waals surface area contributed by atoms with Gasteiger partial charge in [0.05, 0.1) is 28.6 Å². The van der Waals surface area contributed by atoms with Crippen LogP contribution >= 0.6 is 0 Å². The molecule has 0 bridgehead atoms. The number of hydrogen-bond acceptors (Lipinski definition) is 8. The van der Waals surface area contributed by atoms with Crippen LogP contribution in [0, 0.1) is 30.1 Å². The highest BCUT2D eigenvalue weighted by Gasteiger charge is 2.42. The van der Waals surface area contributed by atoms with E-state index in [1.807, 2.05) is 11.3 Å². The van der Waals surface area contributed by atoms with E-state index >= 15 is 0 Å². The molecule has 3 atom stereocenters. The van der Waals surface area contributed by atoms with Crippen molar-refractivity contribution >= 4 is 37.0 Å². The van der Waals surface area contributed by atoms with E-state index in [0.717, 1.165) is 12.0 Å². The zero-order valence-electron chi connectivity index (χ0n) is 21.5. The monoisotopic (exact) mass is 568 g/mol. The van der Waals surface area contributed by atoms with Crippen molar-refractivity contribution in [2.75, 3.05) is 13.1 Å². The lowest BCUT2D eigenvalue weighted by Crippen LogP contribution is -2.55. The minimum atomic E-state index is -3.88. The van der Waals surface area contributed by atoms with E-state index in [-0.39, 0.29) is 47.4 Å². The first-order valence-electron chi connectivity index (χ1n) is 12.8. The van der Waals surface area contributed by atoms with Gasteiger partial charge in [0.1, 0.15) is 5.82 Å². The molecule has 4 aromatic rings. The number of benzene rings is 1. The third-order valence-electron chi connectivity index (χ3n) is 7.88. The Bertz CT molecular complexity index is 1820. The molecule has 2 aliphatic rings. The fourth-order valence-corrected chi connectivity index (χ4v) is 8.51. The van der Waals surface area contributed by atoms with Crippen molar-refractivity contribution in [3.8, 4) is 6.07 Å². The average Bonchev–Trinajstić information content (AvgIpc) is 3.59. The minimum Gasteiger partial charge on any atom is -0.274 e. The topological polar surface area (TPSA) is 155 Å². The van der Waals surface area contributed by atoms with Crippen LogP contribution in [0.15, 0.2) is 47.6 Å². The van der Waals surface area contributed by atoms with E-state index in [4.69, 9.17) is 5.26 Å². The first-order chi connectivity index (χ1) is 18.6.